The molecule has 1 unspecified atom stereocenters. The molecule has 78 valence electrons. The fraction of sp³-hybridized carbons (Fsp3) is 0.400. The zero-order valence-electron chi connectivity index (χ0n) is 9.33. The van der Waals surface area contributed by atoms with E-state index in [1.807, 2.05) is 14.8 Å². The molecule has 4 nitrogen and oxygen atoms in total. The van der Waals surface area contributed by atoms with Crippen molar-refractivity contribution in [3.63, 3.8) is 0 Å². The smallest absolute Gasteiger partial charge is 0.264 e. The fourth-order valence-electron chi connectivity index (χ4n) is 1.87. The van der Waals surface area contributed by atoms with E-state index >= 15 is 0 Å². The van der Waals surface area contributed by atoms with Crippen molar-refractivity contribution in [2.24, 2.45) is 7.05 Å². The average molecular weight is 204 g/mol. The van der Waals surface area contributed by atoms with Crippen molar-refractivity contribution in [1.82, 2.24) is 9.55 Å². The second kappa shape index (κ2) is 2.99. The highest BCUT2D eigenvalue weighted by Crippen LogP contribution is 2.34. The topological polar surface area (TPSA) is 55.1 Å². The predicted octanol–water partition coefficient (Wildman–Crippen LogP) is 0.0655. The van der Waals surface area contributed by atoms with E-state index in [0.717, 1.165) is 5.57 Å². The number of aliphatic hydroxyl groups excluding tert-OH is 1. The quantitative estimate of drug-likeness (QED) is 0.608. The van der Waals surface area contributed by atoms with Gasteiger partial charge in [-0.1, -0.05) is 0 Å². The Hall–Kier alpha value is -1.52. The number of nitrogens with zero attached hydrogens (tertiary/aromatic N) is 2. The van der Waals surface area contributed by atoms with Gasteiger partial charge in [-0.25, -0.2) is 4.98 Å². The van der Waals surface area contributed by atoms with Gasteiger partial charge in [0.05, 0.1) is 5.69 Å². The van der Waals surface area contributed by atoms with Crippen molar-refractivity contribution in [2.45, 2.75) is 19.7 Å². The second-order valence-corrected chi connectivity index (χ2v) is 4.04. The normalized spacial score (nSPS) is 19.5. The molecule has 0 radical (unpaired) electrons. The number of aromatic nitrogens is 2. The minimum absolute atomic E-state index is 0.0348. The summed E-state index contributed by atoms with van der Waals surface area (Å²) in [5, 5.41) is 9.84. The summed E-state index contributed by atoms with van der Waals surface area (Å²) < 4.78 is 1.46. The van der Waals surface area contributed by atoms with Gasteiger partial charge >= 0.3 is 0 Å². The fourth-order valence-corrected chi connectivity index (χ4v) is 1.87. The Kier molecular flexibility index (Phi) is 1.99. The van der Waals surface area contributed by atoms with Gasteiger partial charge in [0.15, 0.2) is 0 Å². The monoisotopic (exact) mass is 204 g/mol. The number of rotatable bonds is 0. The highest BCUT2D eigenvalue weighted by Gasteiger charge is 2.30. The standard InChI is InChI=1S/C10H13BN2O2/c1-4-7(11)8-6(9(4)14)10(15)13(3)5(2)12-8/h7,14H,11H2,1-3H3. The zero-order chi connectivity index (χ0) is 11.3. The molecule has 0 spiro atoms. The Balaban J connectivity index is 2.86. The van der Waals surface area contributed by atoms with Gasteiger partial charge < -0.3 is 5.11 Å². The van der Waals surface area contributed by atoms with Gasteiger partial charge in [-0.2, -0.15) is 0 Å². The van der Waals surface area contributed by atoms with Crippen LogP contribution in [0.15, 0.2) is 10.4 Å². The molecule has 0 saturated heterocycles. The van der Waals surface area contributed by atoms with E-state index in [1.54, 1.807) is 14.0 Å². The van der Waals surface area contributed by atoms with Crippen molar-refractivity contribution < 1.29 is 5.11 Å². The number of allylic oxidation sites excluding steroid dienone is 1. The molecule has 0 bridgehead atoms. The van der Waals surface area contributed by atoms with Crippen LogP contribution >= 0.6 is 0 Å². The number of aryl methyl sites for hydroxylation is 1. The summed E-state index contributed by atoms with van der Waals surface area (Å²) >= 11 is 0. The van der Waals surface area contributed by atoms with E-state index in [0.29, 0.717) is 17.1 Å². The van der Waals surface area contributed by atoms with Crippen LogP contribution in [0.4, 0.5) is 0 Å². The maximum atomic E-state index is 11.9. The third kappa shape index (κ3) is 1.15. The zero-order valence-corrected chi connectivity index (χ0v) is 9.33. The average Bonchev–Trinajstić information content (AvgIpc) is 2.40. The van der Waals surface area contributed by atoms with Crippen molar-refractivity contribution in [3.8, 4) is 0 Å². The molecule has 5 heteroatoms. The highest BCUT2D eigenvalue weighted by molar-refractivity contribution is 6.16. The van der Waals surface area contributed by atoms with Crippen LogP contribution in [0.2, 0.25) is 0 Å². The van der Waals surface area contributed by atoms with Crippen LogP contribution in [0.5, 0.6) is 0 Å². The molecule has 0 amide bonds. The first kappa shape index (κ1) is 10.0. The second-order valence-electron chi connectivity index (χ2n) is 4.04. The lowest BCUT2D eigenvalue weighted by Gasteiger charge is -2.09. The van der Waals surface area contributed by atoms with Crippen LogP contribution in [0, 0.1) is 6.92 Å². The van der Waals surface area contributed by atoms with Crippen LogP contribution in [0.1, 0.15) is 29.8 Å². The third-order valence-corrected chi connectivity index (χ3v) is 3.21. The first-order valence-electron chi connectivity index (χ1n) is 4.92. The molecule has 1 N–H and O–H groups in total. The molecule has 0 saturated carbocycles. The minimum Gasteiger partial charge on any atom is -0.507 e. The number of hydrogen-bond acceptors (Lipinski definition) is 3. The van der Waals surface area contributed by atoms with Gasteiger partial charge in [-0.05, 0) is 25.2 Å². The molecule has 1 aliphatic rings. The first-order valence-corrected chi connectivity index (χ1v) is 4.92. The van der Waals surface area contributed by atoms with Crippen LogP contribution in [-0.2, 0) is 7.05 Å². The molecule has 1 aromatic rings. The molecule has 2 rings (SSSR count). The van der Waals surface area contributed by atoms with E-state index in [-0.39, 0.29) is 17.1 Å². The Bertz CT molecular complexity index is 531. The first-order chi connectivity index (χ1) is 6.95. The predicted molar refractivity (Wildman–Crippen MR) is 60.7 cm³/mol. The molecule has 1 atom stereocenters. The number of fused-ring (bicyclic) bond motifs is 1. The van der Waals surface area contributed by atoms with E-state index < -0.39 is 0 Å². The summed E-state index contributed by atoms with van der Waals surface area (Å²) in [5.41, 5.74) is 1.72. The third-order valence-electron chi connectivity index (χ3n) is 3.21. The Morgan fingerprint density at radius 2 is 2.07 bits per heavy atom. The number of aliphatic hydroxyl groups is 1. The van der Waals surface area contributed by atoms with Gasteiger partial charge in [0.25, 0.3) is 5.56 Å². The van der Waals surface area contributed by atoms with Crippen molar-refractivity contribution in [1.29, 1.82) is 0 Å². The molecular weight excluding hydrogens is 191 g/mol. The molecule has 1 aromatic heterocycles. The summed E-state index contributed by atoms with van der Waals surface area (Å²) in [4.78, 5) is 16.3. The van der Waals surface area contributed by atoms with Gasteiger partial charge in [0.2, 0.25) is 0 Å². The molecular formula is C10H13BN2O2. The summed E-state index contributed by atoms with van der Waals surface area (Å²) in [5.74, 6) is 0.811. The summed E-state index contributed by atoms with van der Waals surface area (Å²) in [6.07, 6.45) is 0. The molecule has 0 fully saturated rings. The van der Waals surface area contributed by atoms with Crippen LogP contribution in [-0.4, -0.2) is 22.5 Å². The Morgan fingerprint density at radius 3 is 2.67 bits per heavy atom. The van der Waals surface area contributed by atoms with Gasteiger partial charge in [0.1, 0.15) is 25.0 Å². The van der Waals surface area contributed by atoms with Gasteiger partial charge in [-0.15, -0.1) is 0 Å². The molecule has 0 aliphatic heterocycles. The van der Waals surface area contributed by atoms with E-state index in [1.165, 1.54) is 4.57 Å². The van der Waals surface area contributed by atoms with Crippen LogP contribution < -0.4 is 5.56 Å². The maximum absolute atomic E-state index is 11.9. The minimum atomic E-state index is -0.168. The van der Waals surface area contributed by atoms with E-state index in [9.17, 15) is 9.90 Å². The number of hydrogen-bond donors (Lipinski definition) is 1. The Morgan fingerprint density at radius 1 is 1.47 bits per heavy atom. The highest BCUT2D eigenvalue weighted by atomic mass is 16.3. The lowest BCUT2D eigenvalue weighted by molar-refractivity contribution is 0.506. The molecule has 15 heavy (non-hydrogen) atoms. The Labute approximate surface area is 88.7 Å². The van der Waals surface area contributed by atoms with Gasteiger partial charge in [0, 0.05) is 7.05 Å². The van der Waals surface area contributed by atoms with Crippen molar-refractivity contribution in [3.05, 3.63) is 33.0 Å². The largest absolute Gasteiger partial charge is 0.507 e. The maximum Gasteiger partial charge on any atom is 0.264 e. The molecule has 1 aliphatic carbocycles. The summed E-state index contributed by atoms with van der Waals surface area (Å²) in [6.45, 7) is 3.62. The van der Waals surface area contributed by atoms with E-state index in [4.69, 9.17) is 0 Å². The summed E-state index contributed by atoms with van der Waals surface area (Å²) in [7, 11) is 3.61. The van der Waals surface area contributed by atoms with Crippen molar-refractivity contribution in [2.75, 3.05) is 0 Å². The molecule has 1 heterocycles. The van der Waals surface area contributed by atoms with E-state index in [2.05, 4.69) is 4.98 Å². The lowest BCUT2D eigenvalue weighted by Crippen LogP contribution is -2.25. The lowest BCUT2D eigenvalue weighted by atomic mass is 9.81. The summed E-state index contributed by atoms with van der Waals surface area (Å²) in [6, 6.07) is 0. The SMILES string of the molecule is BC1C(C)=C(O)c2c1nc(C)n(C)c2=O. The van der Waals surface area contributed by atoms with Crippen molar-refractivity contribution >= 4 is 13.6 Å². The molecule has 0 aromatic carbocycles. The van der Waals surface area contributed by atoms with Gasteiger partial charge in [-0.3, -0.25) is 9.36 Å². The van der Waals surface area contributed by atoms with Crippen LogP contribution in [0.3, 0.4) is 0 Å². The van der Waals surface area contributed by atoms with Crippen LogP contribution in [0.25, 0.3) is 5.76 Å².